The molecule has 0 bridgehead atoms. The fourth-order valence-corrected chi connectivity index (χ4v) is 2.07. The highest BCUT2D eigenvalue weighted by molar-refractivity contribution is 5.75. The van der Waals surface area contributed by atoms with Crippen LogP contribution in [0.4, 0.5) is 0 Å². The summed E-state index contributed by atoms with van der Waals surface area (Å²) < 4.78 is 0. The van der Waals surface area contributed by atoms with Crippen molar-refractivity contribution in [3.8, 4) is 0 Å². The van der Waals surface area contributed by atoms with Gasteiger partial charge in [-0.3, -0.25) is 4.79 Å². The van der Waals surface area contributed by atoms with Gasteiger partial charge in [0.25, 0.3) is 0 Å². The first-order valence-corrected chi connectivity index (χ1v) is 6.36. The lowest BCUT2D eigenvalue weighted by Crippen LogP contribution is -2.32. The molecule has 3 nitrogen and oxygen atoms in total. The molecule has 2 aromatic rings. The maximum atomic E-state index is 10.9. The molecule has 0 aliphatic carbocycles. The molecule has 0 saturated carbocycles. The summed E-state index contributed by atoms with van der Waals surface area (Å²) in [6, 6.07) is 20.4. The van der Waals surface area contributed by atoms with E-state index in [1.54, 1.807) is 0 Å². The third-order valence-electron chi connectivity index (χ3n) is 3.01. The molecule has 3 N–H and O–H groups in total. The molecule has 98 valence electrons. The Kier molecular flexibility index (Phi) is 4.70. The van der Waals surface area contributed by atoms with E-state index in [0.29, 0.717) is 0 Å². The van der Waals surface area contributed by atoms with Gasteiger partial charge in [-0.25, -0.2) is 0 Å². The van der Waals surface area contributed by atoms with Gasteiger partial charge in [0, 0.05) is 6.04 Å². The number of hydrogen-bond donors (Lipinski definition) is 2. The number of nitrogens with one attached hydrogen (secondary N) is 1. The lowest BCUT2D eigenvalue weighted by Gasteiger charge is -2.18. The van der Waals surface area contributed by atoms with Gasteiger partial charge >= 0.3 is 0 Å². The van der Waals surface area contributed by atoms with Crippen LogP contribution in [0.2, 0.25) is 0 Å². The van der Waals surface area contributed by atoms with Gasteiger partial charge in [0.2, 0.25) is 5.91 Å². The zero-order valence-corrected chi connectivity index (χ0v) is 10.8. The molecule has 0 saturated heterocycles. The minimum absolute atomic E-state index is 0.0936. The maximum Gasteiger partial charge on any atom is 0.231 e. The van der Waals surface area contributed by atoms with E-state index in [-0.39, 0.29) is 18.5 Å². The largest absolute Gasteiger partial charge is 0.369 e. The van der Waals surface area contributed by atoms with E-state index in [4.69, 9.17) is 5.73 Å². The normalized spacial score (nSPS) is 12.0. The van der Waals surface area contributed by atoms with Crippen LogP contribution in [-0.4, -0.2) is 12.5 Å². The van der Waals surface area contributed by atoms with Crippen molar-refractivity contribution in [3.63, 3.8) is 0 Å². The van der Waals surface area contributed by atoms with E-state index in [1.807, 2.05) is 36.4 Å². The fourth-order valence-electron chi connectivity index (χ4n) is 2.07. The standard InChI is InChI=1S/C16H18N2O/c17-16(19)12-18-15(14-9-5-2-6-10-14)11-13-7-3-1-4-8-13/h1-10,15,18H,11-12H2,(H2,17,19)/t15-/m0/s1. The summed E-state index contributed by atoms with van der Waals surface area (Å²) in [4.78, 5) is 10.9. The molecule has 19 heavy (non-hydrogen) atoms. The number of amides is 1. The van der Waals surface area contributed by atoms with Crippen LogP contribution in [0.15, 0.2) is 60.7 Å². The number of nitrogens with two attached hydrogens (primary N) is 1. The van der Waals surface area contributed by atoms with Crippen LogP contribution in [0.3, 0.4) is 0 Å². The molecule has 0 heterocycles. The molecule has 2 aromatic carbocycles. The third kappa shape index (κ3) is 4.23. The Hall–Kier alpha value is -2.13. The molecule has 1 amide bonds. The Balaban J connectivity index is 2.12. The summed E-state index contributed by atoms with van der Waals surface area (Å²) in [6.45, 7) is 0.187. The highest BCUT2D eigenvalue weighted by Crippen LogP contribution is 2.17. The van der Waals surface area contributed by atoms with Gasteiger partial charge in [0.15, 0.2) is 0 Å². The van der Waals surface area contributed by atoms with Crippen LogP contribution in [0.1, 0.15) is 17.2 Å². The van der Waals surface area contributed by atoms with Crippen molar-refractivity contribution in [1.29, 1.82) is 0 Å². The first-order valence-electron chi connectivity index (χ1n) is 6.36. The predicted molar refractivity (Wildman–Crippen MR) is 76.5 cm³/mol. The lowest BCUT2D eigenvalue weighted by molar-refractivity contribution is -0.117. The Bertz CT molecular complexity index is 511. The topological polar surface area (TPSA) is 55.1 Å². The molecule has 0 aliphatic rings. The highest BCUT2D eigenvalue weighted by Gasteiger charge is 2.12. The second kappa shape index (κ2) is 6.71. The number of carbonyl (C=O) groups excluding carboxylic acids is 1. The lowest BCUT2D eigenvalue weighted by atomic mass is 9.99. The average Bonchev–Trinajstić information content (AvgIpc) is 2.45. The Labute approximate surface area is 113 Å². The van der Waals surface area contributed by atoms with E-state index in [0.717, 1.165) is 12.0 Å². The predicted octanol–water partition coefficient (Wildman–Crippen LogP) is 2.05. The first kappa shape index (κ1) is 13.3. The Morgan fingerprint density at radius 1 is 1.00 bits per heavy atom. The van der Waals surface area contributed by atoms with Gasteiger partial charge in [0.1, 0.15) is 0 Å². The summed E-state index contributed by atoms with van der Waals surface area (Å²) in [5.74, 6) is -0.339. The number of benzene rings is 2. The molecule has 0 aliphatic heterocycles. The van der Waals surface area contributed by atoms with Gasteiger partial charge in [-0.15, -0.1) is 0 Å². The molecule has 0 aromatic heterocycles. The minimum Gasteiger partial charge on any atom is -0.369 e. The summed E-state index contributed by atoms with van der Waals surface area (Å²) in [5, 5.41) is 3.21. The second-order valence-corrected chi connectivity index (χ2v) is 4.50. The smallest absolute Gasteiger partial charge is 0.231 e. The quantitative estimate of drug-likeness (QED) is 0.829. The number of rotatable bonds is 6. The van der Waals surface area contributed by atoms with Crippen molar-refractivity contribution >= 4 is 5.91 Å². The third-order valence-corrected chi connectivity index (χ3v) is 3.01. The molecule has 0 radical (unpaired) electrons. The van der Waals surface area contributed by atoms with Gasteiger partial charge in [-0.05, 0) is 17.5 Å². The molecular weight excluding hydrogens is 236 g/mol. The monoisotopic (exact) mass is 254 g/mol. The fraction of sp³-hybridized carbons (Fsp3) is 0.188. The first-order chi connectivity index (χ1) is 9.25. The average molecular weight is 254 g/mol. The van der Waals surface area contributed by atoms with Crippen LogP contribution >= 0.6 is 0 Å². The number of carbonyl (C=O) groups is 1. The van der Waals surface area contributed by atoms with E-state index in [9.17, 15) is 4.79 Å². The Morgan fingerprint density at radius 3 is 2.16 bits per heavy atom. The number of hydrogen-bond acceptors (Lipinski definition) is 2. The van der Waals surface area contributed by atoms with Crippen molar-refractivity contribution in [3.05, 3.63) is 71.8 Å². The number of primary amides is 1. The minimum atomic E-state index is -0.339. The van der Waals surface area contributed by atoms with Crippen molar-refractivity contribution in [1.82, 2.24) is 5.32 Å². The molecular formula is C16H18N2O. The molecule has 2 rings (SSSR count). The molecule has 1 atom stereocenters. The van der Waals surface area contributed by atoms with Crippen molar-refractivity contribution in [2.75, 3.05) is 6.54 Å². The summed E-state index contributed by atoms with van der Waals surface area (Å²) in [5.41, 5.74) is 7.60. The van der Waals surface area contributed by atoms with E-state index in [2.05, 4.69) is 29.6 Å². The van der Waals surface area contributed by atoms with Crippen LogP contribution in [0.5, 0.6) is 0 Å². The van der Waals surface area contributed by atoms with Gasteiger partial charge in [-0.1, -0.05) is 60.7 Å². The summed E-state index contributed by atoms with van der Waals surface area (Å²) in [7, 11) is 0. The second-order valence-electron chi connectivity index (χ2n) is 4.50. The molecule has 0 spiro atoms. The maximum absolute atomic E-state index is 10.9. The molecule has 0 fully saturated rings. The molecule has 3 heteroatoms. The highest BCUT2D eigenvalue weighted by atomic mass is 16.1. The van der Waals surface area contributed by atoms with E-state index < -0.39 is 0 Å². The van der Waals surface area contributed by atoms with Crippen molar-refractivity contribution in [2.24, 2.45) is 5.73 Å². The zero-order chi connectivity index (χ0) is 13.5. The Morgan fingerprint density at radius 2 is 1.58 bits per heavy atom. The SMILES string of the molecule is NC(=O)CN[C@@H](Cc1ccccc1)c1ccccc1. The summed E-state index contributed by atoms with van der Waals surface area (Å²) in [6.07, 6.45) is 0.831. The molecule has 0 unspecified atom stereocenters. The van der Waals surface area contributed by atoms with Gasteiger partial charge < -0.3 is 11.1 Å². The van der Waals surface area contributed by atoms with Gasteiger partial charge in [0.05, 0.1) is 6.54 Å². The van der Waals surface area contributed by atoms with E-state index in [1.165, 1.54) is 5.56 Å². The van der Waals surface area contributed by atoms with Crippen LogP contribution in [-0.2, 0) is 11.2 Å². The van der Waals surface area contributed by atoms with E-state index >= 15 is 0 Å². The van der Waals surface area contributed by atoms with Crippen molar-refractivity contribution < 1.29 is 4.79 Å². The zero-order valence-electron chi connectivity index (χ0n) is 10.8. The van der Waals surface area contributed by atoms with Crippen LogP contribution < -0.4 is 11.1 Å². The van der Waals surface area contributed by atoms with Crippen LogP contribution in [0.25, 0.3) is 0 Å². The van der Waals surface area contributed by atoms with Crippen LogP contribution in [0, 0.1) is 0 Å². The summed E-state index contributed by atoms with van der Waals surface area (Å²) >= 11 is 0. The van der Waals surface area contributed by atoms with Gasteiger partial charge in [-0.2, -0.15) is 0 Å². The van der Waals surface area contributed by atoms with Crippen molar-refractivity contribution in [2.45, 2.75) is 12.5 Å².